The lowest BCUT2D eigenvalue weighted by Gasteiger charge is -2.28. The largest absolute Gasteiger partial charge is 0.493 e. The molecule has 2 aliphatic heterocycles. The van der Waals surface area contributed by atoms with E-state index in [0.717, 1.165) is 47.2 Å². The van der Waals surface area contributed by atoms with Gasteiger partial charge in [0.25, 0.3) is 5.91 Å². The van der Waals surface area contributed by atoms with E-state index >= 15 is 0 Å². The van der Waals surface area contributed by atoms with E-state index in [-0.39, 0.29) is 23.7 Å². The maximum atomic E-state index is 13.9. The standard InChI is InChI=1S/C29H25F2N3O3/c1-2-22-27-32-21-11-8-17(18-7-6-16-12-13-36-25(16)15-18)14-23(21)34(27)26-20(28(35)33(22)19-9-10-19)4-3-5-24(26)37-29(30)31/h3-8,11,14-15,19,22,29H,2,9-10,12-13H2,1H3. The van der Waals surface area contributed by atoms with E-state index < -0.39 is 6.61 Å². The molecule has 0 saturated heterocycles. The minimum absolute atomic E-state index is 0.0368. The fraction of sp³-hybridized carbons (Fsp3) is 0.310. The molecule has 0 bridgehead atoms. The lowest BCUT2D eigenvalue weighted by molar-refractivity contribution is -0.0498. The van der Waals surface area contributed by atoms with Crippen LogP contribution < -0.4 is 9.47 Å². The summed E-state index contributed by atoms with van der Waals surface area (Å²) in [7, 11) is 0. The Bertz CT molecular complexity index is 1560. The minimum atomic E-state index is -3.02. The summed E-state index contributed by atoms with van der Waals surface area (Å²) in [5.41, 5.74) is 5.27. The highest BCUT2D eigenvalue weighted by atomic mass is 19.3. The van der Waals surface area contributed by atoms with Crippen molar-refractivity contribution in [2.24, 2.45) is 0 Å². The molecular weight excluding hydrogens is 476 g/mol. The highest BCUT2D eigenvalue weighted by Gasteiger charge is 2.43. The summed E-state index contributed by atoms with van der Waals surface area (Å²) in [5, 5.41) is 0. The van der Waals surface area contributed by atoms with Crippen LogP contribution in [-0.2, 0) is 6.42 Å². The van der Waals surface area contributed by atoms with Crippen LogP contribution in [0.2, 0.25) is 0 Å². The zero-order chi connectivity index (χ0) is 25.3. The average Bonchev–Trinajstić information content (AvgIpc) is 3.52. The van der Waals surface area contributed by atoms with E-state index in [1.807, 2.05) is 40.7 Å². The van der Waals surface area contributed by atoms with Gasteiger partial charge in [0.2, 0.25) is 0 Å². The highest BCUT2D eigenvalue weighted by molar-refractivity contribution is 6.01. The first-order chi connectivity index (χ1) is 18.0. The van der Waals surface area contributed by atoms with Crippen LogP contribution in [0.1, 0.15) is 54.0 Å². The van der Waals surface area contributed by atoms with E-state index in [9.17, 15) is 13.6 Å². The SMILES string of the molecule is CCC1c2nc3ccc(-c4ccc5c(c4)OCC5)cc3n2-c2c(OC(F)F)cccc2C(=O)N1C1CC1. The number of imidazole rings is 1. The number of aromatic nitrogens is 2. The van der Waals surface area contributed by atoms with E-state index in [4.69, 9.17) is 14.5 Å². The Kier molecular flexibility index (Phi) is 4.99. The molecule has 1 fully saturated rings. The molecule has 3 heterocycles. The second kappa shape index (κ2) is 8.30. The van der Waals surface area contributed by atoms with Crippen LogP contribution in [0.3, 0.4) is 0 Å². The lowest BCUT2D eigenvalue weighted by Crippen LogP contribution is -2.36. The molecule has 0 radical (unpaired) electrons. The number of fused-ring (bicyclic) bond motifs is 6. The zero-order valence-electron chi connectivity index (χ0n) is 20.3. The number of carbonyl (C=O) groups excluding carboxylic acids is 1. The molecule has 8 heteroatoms. The van der Waals surface area contributed by atoms with Crippen molar-refractivity contribution in [1.82, 2.24) is 14.5 Å². The molecule has 1 aliphatic carbocycles. The number of carbonyl (C=O) groups is 1. The number of hydrogen-bond acceptors (Lipinski definition) is 4. The molecule has 1 unspecified atom stereocenters. The van der Waals surface area contributed by atoms with Gasteiger partial charge in [0.1, 0.15) is 17.3 Å². The third-order valence-electron chi connectivity index (χ3n) is 7.57. The Morgan fingerprint density at radius 1 is 1.11 bits per heavy atom. The number of alkyl halides is 2. The van der Waals surface area contributed by atoms with Gasteiger partial charge in [-0.1, -0.05) is 31.2 Å². The third-order valence-corrected chi connectivity index (χ3v) is 7.57. The van der Waals surface area contributed by atoms with Gasteiger partial charge < -0.3 is 14.4 Å². The van der Waals surface area contributed by atoms with Gasteiger partial charge in [-0.15, -0.1) is 0 Å². The van der Waals surface area contributed by atoms with Crippen molar-refractivity contribution in [2.45, 2.75) is 51.3 Å². The van der Waals surface area contributed by atoms with Crippen molar-refractivity contribution in [3.05, 3.63) is 71.5 Å². The van der Waals surface area contributed by atoms with Crippen molar-refractivity contribution in [1.29, 1.82) is 0 Å². The van der Waals surface area contributed by atoms with Crippen molar-refractivity contribution in [3.8, 4) is 28.3 Å². The Morgan fingerprint density at radius 3 is 2.70 bits per heavy atom. The molecule has 4 aromatic rings. The molecule has 37 heavy (non-hydrogen) atoms. The molecule has 3 aromatic carbocycles. The number of halogens is 2. The number of hydrogen-bond donors (Lipinski definition) is 0. The molecule has 0 spiro atoms. The first-order valence-electron chi connectivity index (χ1n) is 12.7. The van der Waals surface area contributed by atoms with Crippen molar-refractivity contribution in [2.75, 3.05) is 6.61 Å². The Morgan fingerprint density at radius 2 is 1.92 bits per heavy atom. The predicted molar refractivity (Wildman–Crippen MR) is 135 cm³/mol. The van der Waals surface area contributed by atoms with Crippen LogP contribution in [0.5, 0.6) is 11.5 Å². The molecule has 188 valence electrons. The molecule has 1 saturated carbocycles. The summed E-state index contributed by atoms with van der Waals surface area (Å²) in [5.74, 6) is 1.34. The molecule has 6 nitrogen and oxygen atoms in total. The lowest BCUT2D eigenvalue weighted by atomic mass is 10.0. The number of benzene rings is 3. The molecule has 7 rings (SSSR count). The quantitative estimate of drug-likeness (QED) is 0.322. The summed E-state index contributed by atoms with van der Waals surface area (Å²) in [6.07, 6.45) is 3.41. The maximum Gasteiger partial charge on any atom is 0.387 e. The van der Waals surface area contributed by atoms with Gasteiger partial charge in [0.15, 0.2) is 5.75 Å². The van der Waals surface area contributed by atoms with Crippen molar-refractivity contribution < 1.29 is 23.0 Å². The molecular formula is C29H25F2N3O3. The average molecular weight is 502 g/mol. The third kappa shape index (κ3) is 3.49. The Hall–Kier alpha value is -3.94. The summed E-state index contributed by atoms with van der Waals surface area (Å²) in [6, 6.07) is 16.8. The summed E-state index contributed by atoms with van der Waals surface area (Å²) in [6.45, 7) is -0.312. The van der Waals surface area contributed by atoms with Crippen LogP contribution in [0, 0.1) is 0 Å². The van der Waals surface area contributed by atoms with Gasteiger partial charge in [-0.05, 0) is 66.3 Å². The second-order valence-corrected chi connectivity index (χ2v) is 9.83. The van der Waals surface area contributed by atoms with Gasteiger partial charge in [-0.3, -0.25) is 9.36 Å². The molecule has 1 amide bonds. The topological polar surface area (TPSA) is 56.6 Å². The van der Waals surface area contributed by atoms with Gasteiger partial charge in [0, 0.05) is 12.5 Å². The fourth-order valence-corrected chi connectivity index (χ4v) is 5.75. The van der Waals surface area contributed by atoms with Gasteiger partial charge in [-0.25, -0.2) is 4.98 Å². The van der Waals surface area contributed by atoms with Crippen LogP contribution in [0.25, 0.3) is 27.8 Å². The van der Waals surface area contributed by atoms with Gasteiger partial charge >= 0.3 is 6.61 Å². The van der Waals surface area contributed by atoms with Crippen LogP contribution in [0.15, 0.2) is 54.6 Å². The van der Waals surface area contributed by atoms with Crippen LogP contribution in [-0.4, -0.2) is 39.6 Å². The summed E-state index contributed by atoms with van der Waals surface area (Å²) < 4.78 is 39.6. The van der Waals surface area contributed by atoms with E-state index in [1.165, 1.54) is 11.6 Å². The summed E-state index contributed by atoms with van der Waals surface area (Å²) >= 11 is 0. The smallest absolute Gasteiger partial charge is 0.387 e. The number of nitrogens with zero attached hydrogens (tertiary/aromatic N) is 3. The minimum Gasteiger partial charge on any atom is -0.493 e. The maximum absolute atomic E-state index is 13.9. The van der Waals surface area contributed by atoms with Gasteiger partial charge in [0.05, 0.1) is 29.2 Å². The van der Waals surface area contributed by atoms with Gasteiger partial charge in [-0.2, -0.15) is 8.78 Å². The Labute approximate surface area is 212 Å². The zero-order valence-corrected chi connectivity index (χ0v) is 20.3. The number of ether oxygens (including phenoxy) is 2. The molecule has 1 atom stereocenters. The first kappa shape index (κ1) is 22.3. The predicted octanol–water partition coefficient (Wildman–Crippen LogP) is 6.30. The van der Waals surface area contributed by atoms with Crippen molar-refractivity contribution in [3.63, 3.8) is 0 Å². The normalized spacial score (nSPS) is 18.4. The van der Waals surface area contributed by atoms with E-state index in [0.29, 0.717) is 30.1 Å². The fourth-order valence-electron chi connectivity index (χ4n) is 5.75. The van der Waals surface area contributed by atoms with Crippen molar-refractivity contribution >= 4 is 16.9 Å². The van der Waals surface area contributed by atoms with E-state index in [2.05, 4.69) is 12.1 Å². The van der Waals surface area contributed by atoms with E-state index in [1.54, 1.807) is 12.1 Å². The molecule has 3 aliphatic rings. The van der Waals surface area contributed by atoms with Crippen LogP contribution in [0.4, 0.5) is 8.78 Å². The second-order valence-electron chi connectivity index (χ2n) is 9.83. The number of rotatable bonds is 5. The highest BCUT2D eigenvalue weighted by Crippen LogP contribution is 2.45. The Balaban J connectivity index is 1.50. The van der Waals surface area contributed by atoms with Crippen LogP contribution >= 0.6 is 0 Å². The number of para-hydroxylation sites is 1. The molecule has 0 N–H and O–H groups in total. The monoisotopic (exact) mass is 501 g/mol. The molecule has 1 aromatic heterocycles. The number of amides is 1. The first-order valence-corrected chi connectivity index (χ1v) is 12.7. The summed E-state index contributed by atoms with van der Waals surface area (Å²) in [4.78, 5) is 20.7.